The molecule has 0 aliphatic rings. The van der Waals surface area contributed by atoms with E-state index in [4.69, 9.17) is 10.2 Å². The number of rotatable bonds is 12. The Bertz CT molecular complexity index is 1810. The number of anilines is 2. The SMILES string of the molecule is CCc1cc(C(C)(c2ccc(-c3ccccc3)cc2)c2cc(C)c(NC(=O)/C=C/C(=O)O)c(CC)c2)cc(C)c1NC(=O)/C=C/C(=O)O. The van der Waals surface area contributed by atoms with Gasteiger partial charge in [-0.05, 0) is 83.7 Å². The largest absolute Gasteiger partial charge is 0.478 e. The molecule has 0 aliphatic carbocycles. The maximum absolute atomic E-state index is 12.6. The quantitative estimate of drug-likeness (QED) is 0.0927. The van der Waals surface area contributed by atoms with Crippen LogP contribution in [0, 0.1) is 13.8 Å². The van der Waals surface area contributed by atoms with Gasteiger partial charge in [0.15, 0.2) is 0 Å². The fourth-order valence-electron chi connectivity index (χ4n) is 5.96. The van der Waals surface area contributed by atoms with Crippen molar-refractivity contribution in [3.8, 4) is 11.1 Å². The second kappa shape index (κ2) is 15.2. The molecular weight excluding hydrogens is 604 g/mol. The lowest BCUT2D eigenvalue weighted by Crippen LogP contribution is -2.27. The predicted octanol–water partition coefficient (Wildman–Crippen LogP) is 7.61. The number of carbonyl (C=O) groups excluding carboxylic acids is 2. The highest BCUT2D eigenvalue weighted by molar-refractivity contribution is 6.04. The van der Waals surface area contributed by atoms with Gasteiger partial charge >= 0.3 is 11.9 Å². The van der Waals surface area contributed by atoms with Gasteiger partial charge in [0.1, 0.15) is 0 Å². The van der Waals surface area contributed by atoms with Gasteiger partial charge in [-0.1, -0.05) is 92.7 Å². The molecule has 8 heteroatoms. The van der Waals surface area contributed by atoms with Gasteiger partial charge in [0.2, 0.25) is 11.8 Å². The zero-order valence-corrected chi connectivity index (χ0v) is 27.8. The van der Waals surface area contributed by atoms with Crippen LogP contribution in [-0.4, -0.2) is 34.0 Å². The van der Waals surface area contributed by atoms with Crippen LogP contribution < -0.4 is 10.6 Å². The van der Waals surface area contributed by atoms with Crippen LogP contribution in [0.25, 0.3) is 11.1 Å². The molecular formula is C40H40N2O6. The Kier molecular flexibility index (Phi) is 11.1. The van der Waals surface area contributed by atoms with Crippen molar-refractivity contribution in [2.45, 2.75) is 52.9 Å². The molecule has 0 radical (unpaired) electrons. The molecule has 0 atom stereocenters. The topological polar surface area (TPSA) is 133 Å². The van der Waals surface area contributed by atoms with Crippen molar-refractivity contribution in [3.63, 3.8) is 0 Å². The van der Waals surface area contributed by atoms with Crippen molar-refractivity contribution in [1.29, 1.82) is 0 Å². The average molecular weight is 645 g/mol. The molecule has 0 fully saturated rings. The predicted molar refractivity (Wildman–Crippen MR) is 189 cm³/mol. The minimum Gasteiger partial charge on any atom is -0.478 e. The summed E-state index contributed by atoms with van der Waals surface area (Å²) in [6, 6.07) is 26.9. The van der Waals surface area contributed by atoms with E-state index in [-0.39, 0.29) is 0 Å². The van der Waals surface area contributed by atoms with Crippen LogP contribution in [0.15, 0.2) is 103 Å². The first kappa shape index (κ1) is 35.1. The molecule has 0 heterocycles. The number of hydrogen-bond acceptors (Lipinski definition) is 4. The highest BCUT2D eigenvalue weighted by Gasteiger charge is 2.33. The number of carbonyl (C=O) groups is 4. The summed E-state index contributed by atoms with van der Waals surface area (Å²) >= 11 is 0. The summed E-state index contributed by atoms with van der Waals surface area (Å²) in [6.45, 7) is 10.0. The van der Waals surface area contributed by atoms with Crippen molar-refractivity contribution in [3.05, 3.63) is 142 Å². The summed E-state index contributed by atoms with van der Waals surface area (Å²) in [5.74, 6) is -3.46. The molecule has 0 aromatic heterocycles. The third-order valence-electron chi connectivity index (χ3n) is 8.57. The van der Waals surface area contributed by atoms with E-state index in [0.29, 0.717) is 24.2 Å². The number of hydrogen-bond donors (Lipinski definition) is 4. The van der Waals surface area contributed by atoms with Gasteiger partial charge in [-0.3, -0.25) is 9.59 Å². The highest BCUT2D eigenvalue weighted by Crippen LogP contribution is 2.43. The van der Waals surface area contributed by atoms with Crippen LogP contribution in [0.2, 0.25) is 0 Å². The Morgan fingerprint density at radius 3 is 1.42 bits per heavy atom. The molecule has 2 amide bonds. The van der Waals surface area contributed by atoms with E-state index >= 15 is 0 Å². The minimum absolute atomic E-state index is 0.527. The van der Waals surface area contributed by atoms with Gasteiger partial charge < -0.3 is 20.8 Å². The minimum atomic E-state index is -1.20. The Labute approximate surface area is 280 Å². The monoisotopic (exact) mass is 644 g/mol. The molecule has 0 saturated carbocycles. The molecule has 0 unspecified atom stereocenters. The number of amides is 2. The summed E-state index contributed by atoms with van der Waals surface area (Å²) < 4.78 is 0. The smallest absolute Gasteiger partial charge is 0.328 e. The van der Waals surface area contributed by atoms with Gasteiger partial charge in [0.25, 0.3) is 0 Å². The maximum Gasteiger partial charge on any atom is 0.328 e. The van der Waals surface area contributed by atoms with Crippen molar-refractivity contribution in [2.75, 3.05) is 10.6 Å². The van der Waals surface area contributed by atoms with E-state index in [2.05, 4.69) is 66.1 Å². The fourth-order valence-corrected chi connectivity index (χ4v) is 5.96. The van der Waals surface area contributed by atoms with E-state index in [1.807, 2.05) is 58.0 Å². The molecule has 0 aliphatic heterocycles. The van der Waals surface area contributed by atoms with Gasteiger partial charge in [-0.25, -0.2) is 9.59 Å². The van der Waals surface area contributed by atoms with E-state index < -0.39 is 29.2 Å². The number of aliphatic carboxylic acids is 2. The number of benzene rings is 4. The van der Waals surface area contributed by atoms with Crippen molar-refractivity contribution in [1.82, 2.24) is 0 Å². The van der Waals surface area contributed by atoms with E-state index in [0.717, 1.165) is 74.4 Å². The zero-order chi connectivity index (χ0) is 35.0. The van der Waals surface area contributed by atoms with Gasteiger partial charge in [0, 0.05) is 41.1 Å². The molecule has 4 rings (SSSR count). The van der Waals surface area contributed by atoms with Gasteiger partial charge in [-0.15, -0.1) is 0 Å². The van der Waals surface area contributed by atoms with Crippen LogP contribution >= 0.6 is 0 Å². The van der Waals surface area contributed by atoms with Gasteiger partial charge in [0.05, 0.1) is 0 Å². The van der Waals surface area contributed by atoms with E-state index in [9.17, 15) is 19.2 Å². The summed E-state index contributed by atoms with van der Waals surface area (Å²) in [5, 5.41) is 23.6. The molecule has 8 nitrogen and oxygen atoms in total. The number of aryl methyl sites for hydroxylation is 4. The lowest BCUT2D eigenvalue weighted by molar-refractivity contribution is -0.132. The first-order valence-electron chi connectivity index (χ1n) is 15.7. The van der Waals surface area contributed by atoms with Crippen molar-refractivity contribution in [2.24, 2.45) is 0 Å². The zero-order valence-electron chi connectivity index (χ0n) is 27.8. The highest BCUT2D eigenvalue weighted by atomic mass is 16.4. The van der Waals surface area contributed by atoms with E-state index in [1.54, 1.807) is 0 Å². The molecule has 0 spiro atoms. The third-order valence-corrected chi connectivity index (χ3v) is 8.57. The first-order chi connectivity index (χ1) is 22.9. The third kappa shape index (κ3) is 7.96. The standard InChI is InChI=1S/C40H40N2O6/c1-6-27-23-32(21-25(3)38(27)41-34(43)17-19-36(45)46)40(5,31-15-13-30(14-16-31)29-11-9-8-10-12-29)33-22-26(4)39(28(7-2)24-33)42-35(44)18-20-37(47)48/h8-24H,6-7H2,1-5H3,(H,41,43)(H,42,44)(H,45,46)(H,47,48)/b19-17+,20-18+. The van der Waals surface area contributed by atoms with Crippen LogP contribution in [0.1, 0.15) is 59.7 Å². The van der Waals surface area contributed by atoms with Gasteiger partial charge in [-0.2, -0.15) is 0 Å². The summed E-state index contributed by atoms with van der Waals surface area (Å²) in [4.78, 5) is 47.1. The summed E-state index contributed by atoms with van der Waals surface area (Å²) in [6.07, 6.45) is 4.85. The Morgan fingerprint density at radius 2 is 1.02 bits per heavy atom. The molecule has 4 aromatic rings. The van der Waals surface area contributed by atoms with Crippen molar-refractivity contribution >= 4 is 35.1 Å². The number of nitrogens with one attached hydrogen (secondary N) is 2. The van der Waals surface area contributed by atoms with Crippen LogP contribution in [0.5, 0.6) is 0 Å². The van der Waals surface area contributed by atoms with Crippen LogP contribution in [-0.2, 0) is 37.4 Å². The normalized spacial score (nSPS) is 11.5. The second-order valence-electron chi connectivity index (χ2n) is 11.8. The molecule has 0 saturated heterocycles. The average Bonchev–Trinajstić information content (AvgIpc) is 3.08. The summed E-state index contributed by atoms with van der Waals surface area (Å²) in [5.41, 5.74) is 9.25. The molecule has 4 aromatic carbocycles. The molecule has 0 bridgehead atoms. The Hall–Kier alpha value is -5.76. The molecule has 48 heavy (non-hydrogen) atoms. The van der Waals surface area contributed by atoms with Crippen LogP contribution in [0.3, 0.4) is 0 Å². The Morgan fingerprint density at radius 1 is 0.604 bits per heavy atom. The lowest BCUT2D eigenvalue weighted by Gasteiger charge is -2.34. The second-order valence-corrected chi connectivity index (χ2v) is 11.8. The van der Waals surface area contributed by atoms with Crippen LogP contribution in [0.4, 0.5) is 11.4 Å². The fraction of sp³-hybridized carbons (Fsp3) is 0.200. The summed E-state index contributed by atoms with van der Waals surface area (Å²) in [7, 11) is 0. The maximum atomic E-state index is 12.6. The number of carboxylic acids is 2. The van der Waals surface area contributed by atoms with Crippen molar-refractivity contribution < 1.29 is 29.4 Å². The lowest BCUT2D eigenvalue weighted by atomic mass is 9.69. The van der Waals surface area contributed by atoms with E-state index in [1.165, 1.54) is 0 Å². The Balaban J connectivity index is 1.90. The first-order valence-corrected chi connectivity index (χ1v) is 15.7. The molecule has 4 N–H and O–H groups in total. The molecule has 246 valence electrons. The number of carboxylic acid groups (broad SMARTS) is 2.